The molecule has 9 nitrogen and oxygen atoms in total. The maximum absolute atomic E-state index is 9.97. The van der Waals surface area contributed by atoms with Crippen LogP contribution in [0.15, 0.2) is 5.34 Å². The maximum Gasteiger partial charge on any atom is 0.404 e. The van der Waals surface area contributed by atoms with E-state index in [1.165, 1.54) is 12.3 Å². The van der Waals surface area contributed by atoms with Gasteiger partial charge in [-0.2, -0.15) is 0 Å². The summed E-state index contributed by atoms with van der Waals surface area (Å²) >= 11 is 0. The lowest BCUT2D eigenvalue weighted by atomic mass is 10.4. The zero-order valence-electron chi connectivity index (χ0n) is 6.74. The van der Waals surface area contributed by atoms with Crippen molar-refractivity contribution in [3.63, 3.8) is 0 Å². The van der Waals surface area contributed by atoms with Crippen molar-refractivity contribution in [2.75, 3.05) is 6.54 Å². The molecule has 0 radical (unpaired) electrons. The summed E-state index contributed by atoms with van der Waals surface area (Å²) < 4.78 is 4.26. The Morgan fingerprint density at radius 2 is 2.23 bits per heavy atom. The molecule has 0 saturated carbocycles. The van der Waals surface area contributed by atoms with Crippen LogP contribution in [0.1, 0.15) is 6.92 Å². The average molecular weight is 195 g/mol. The molecule has 0 aromatic carbocycles. The minimum Gasteiger partial charge on any atom is -0.440 e. The Morgan fingerprint density at radius 3 is 2.46 bits per heavy atom. The normalized spacial score (nSPS) is 10.2. The number of carbonyl (C=O) groups excluding carboxylic acids is 1. The predicted molar refractivity (Wildman–Crippen MR) is 39.6 cm³/mol. The molecule has 0 aliphatic heterocycles. The van der Waals surface area contributed by atoms with Crippen LogP contribution in [-0.2, 0) is 4.74 Å². The number of nitro groups is 1. The van der Waals surface area contributed by atoms with Gasteiger partial charge in [-0.15, -0.1) is 4.91 Å². The maximum atomic E-state index is 9.97. The summed E-state index contributed by atoms with van der Waals surface area (Å²) in [6.45, 7) is 0.983. The second-order valence-electron chi connectivity index (χ2n) is 1.84. The van der Waals surface area contributed by atoms with Crippen LogP contribution in [0, 0.1) is 15.0 Å². The summed E-state index contributed by atoms with van der Waals surface area (Å²) in [6, 6.07) is 0. The van der Waals surface area contributed by atoms with E-state index >= 15 is 0 Å². The molecule has 0 saturated heterocycles. The topological polar surface area (TPSA) is 145 Å². The van der Waals surface area contributed by atoms with Gasteiger partial charge < -0.3 is 15.7 Å². The van der Waals surface area contributed by atoms with Crippen LogP contribution < -0.4 is 5.73 Å². The molecule has 0 aromatic heterocycles. The Bertz CT molecular complexity index is 167. The number of hydrogen-bond donors (Lipinski definition) is 2. The van der Waals surface area contributed by atoms with Gasteiger partial charge in [0.15, 0.2) is 11.4 Å². The standard InChI is InChI=1S/C4H8N2O4.HNO2/c1-3(2-6(8)9)10-4(5)7;2-1-3/h3H,2H2,1H3,(H2,5,7);(H,2,3). The number of nitrogens with two attached hydrogens (primary N) is 1. The summed E-state index contributed by atoms with van der Waals surface area (Å²) in [4.78, 5) is 27.3. The van der Waals surface area contributed by atoms with Crippen LogP contribution in [0.5, 0.6) is 0 Å². The van der Waals surface area contributed by atoms with Crippen LogP contribution >= 0.6 is 0 Å². The van der Waals surface area contributed by atoms with E-state index in [9.17, 15) is 14.9 Å². The monoisotopic (exact) mass is 195 g/mol. The Morgan fingerprint density at radius 1 is 1.85 bits per heavy atom. The number of hydrogen-bond acceptors (Lipinski definition) is 6. The SMILES string of the molecule is CC(C[N+](=O)[O-])OC(N)=O.O=NO. The highest BCUT2D eigenvalue weighted by molar-refractivity contribution is 5.64. The highest BCUT2D eigenvalue weighted by Crippen LogP contribution is 1.89. The molecule has 0 aliphatic carbocycles. The lowest BCUT2D eigenvalue weighted by Gasteiger charge is -2.04. The van der Waals surface area contributed by atoms with Crippen LogP contribution in [0.2, 0.25) is 0 Å². The van der Waals surface area contributed by atoms with Gasteiger partial charge in [0.25, 0.3) is 0 Å². The first kappa shape index (κ1) is 13.6. The molecule has 9 heteroatoms. The summed E-state index contributed by atoms with van der Waals surface area (Å²) in [7, 11) is 0. The second-order valence-corrected chi connectivity index (χ2v) is 1.84. The van der Waals surface area contributed by atoms with Gasteiger partial charge in [0.1, 0.15) is 0 Å². The zero-order chi connectivity index (χ0) is 10.9. The number of amides is 1. The molecule has 3 N–H and O–H groups in total. The number of rotatable bonds is 3. The van der Waals surface area contributed by atoms with Crippen molar-refractivity contribution in [1.82, 2.24) is 0 Å². The van der Waals surface area contributed by atoms with Gasteiger partial charge in [0.2, 0.25) is 6.54 Å². The lowest BCUT2D eigenvalue weighted by molar-refractivity contribution is -0.488. The van der Waals surface area contributed by atoms with E-state index < -0.39 is 23.7 Å². The van der Waals surface area contributed by atoms with Gasteiger partial charge in [-0.1, -0.05) is 0 Å². The van der Waals surface area contributed by atoms with E-state index in [4.69, 9.17) is 10.1 Å². The fraction of sp³-hybridized carbons (Fsp3) is 0.750. The molecule has 0 spiro atoms. The van der Waals surface area contributed by atoms with E-state index in [-0.39, 0.29) is 0 Å². The quantitative estimate of drug-likeness (QED) is 0.365. The fourth-order valence-electron chi connectivity index (χ4n) is 0.445. The fourth-order valence-corrected chi connectivity index (χ4v) is 0.445. The molecule has 1 unspecified atom stereocenters. The predicted octanol–water partition coefficient (Wildman–Crippen LogP) is -0.111. The number of carbonyl (C=O) groups is 1. The van der Waals surface area contributed by atoms with Crippen molar-refractivity contribution in [2.45, 2.75) is 13.0 Å². The van der Waals surface area contributed by atoms with Gasteiger partial charge >= 0.3 is 6.09 Å². The van der Waals surface area contributed by atoms with Crippen molar-refractivity contribution in [1.29, 1.82) is 0 Å². The van der Waals surface area contributed by atoms with Gasteiger partial charge in [0.05, 0.1) is 0 Å². The van der Waals surface area contributed by atoms with Crippen molar-refractivity contribution >= 4 is 6.09 Å². The highest BCUT2D eigenvalue weighted by Gasteiger charge is 2.11. The van der Waals surface area contributed by atoms with Crippen molar-refractivity contribution in [2.24, 2.45) is 11.1 Å². The molecule has 0 bridgehead atoms. The summed E-state index contributed by atoms with van der Waals surface area (Å²) in [6.07, 6.45) is -1.75. The van der Waals surface area contributed by atoms with Gasteiger partial charge in [-0.3, -0.25) is 10.1 Å². The Labute approximate surface area is 72.6 Å². The smallest absolute Gasteiger partial charge is 0.404 e. The third kappa shape index (κ3) is 17.8. The highest BCUT2D eigenvalue weighted by atomic mass is 16.6. The number of nitrogens with zero attached hydrogens (tertiary/aromatic N) is 2. The van der Waals surface area contributed by atoms with Crippen LogP contribution in [0.25, 0.3) is 0 Å². The van der Waals surface area contributed by atoms with Crippen molar-refractivity contribution in [3.8, 4) is 0 Å². The van der Waals surface area contributed by atoms with Gasteiger partial charge in [-0.25, -0.2) is 4.79 Å². The zero-order valence-corrected chi connectivity index (χ0v) is 6.74. The molecule has 1 atom stereocenters. The number of primary amides is 1. The summed E-state index contributed by atoms with van der Waals surface area (Å²) in [5.41, 5.74) is 4.59. The molecule has 0 rings (SSSR count). The molecule has 0 heterocycles. The van der Waals surface area contributed by atoms with Gasteiger partial charge in [0, 0.05) is 4.92 Å². The summed E-state index contributed by atoms with van der Waals surface area (Å²) in [5, 5.41) is 17.7. The molecule has 0 aliphatic rings. The molecular weight excluding hydrogens is 186 g/mol. The lowest BCUT2D eigenvalue weighted by Crippen LogP contribution is -2.26. The van der Waals surface area contributed by atoms with Crippen LogP contribution in [0.3, 0.4) is 0 Å². The Hall–Kier alpha value is -1.93. The molecular formula is C4H9N3O6. The van der Waals surface area contributed by atoms with Crippen molar-refractivity contribution < 1.29 is 19.7 Å². The molecule has 76 valence electrons. The number of ether oxygens (including phenoxy) is 1. The Kier molecular flexibility index (Phi) is 8.57. The molecule has 13 heavy (non-hydrogen) atoms. The summed E-state index contributed by atoms with van der Waals surface area (Å²) in [5.74, 6) is 0. The minimum atomic E-state index is -0.991. The van der Waals surface area contributed by atoms with Crippen LogP contribution in [0.4, 0.5) is 4.79 Å². The van der Waals surface area contributed by atoms with Crippen molar-refractivity contribution in [3.05, 3.63) is 15.0 Å². The first-order valence-corrected chi connectivity index (χ1v) is 2.98. The third-order valence-electron chi connectivity index (χ3n) is 0.724. The minimum absolute atomic E-state index is 0.414. The largest absolute Gasteiger partial charge is 0.440 e. The van der Waals surface area contributed by atoms with E-state index in [1.807, 2.05) is 0 Å². The third-order valence-corrected chi connectivity index (χ3v) is 0.724. The van der Waals surface area contributed by atoms with E-state index in [2.05, 4.69) is 10.5 Å². The average Bonchev–Trinajstić information content (AvgIpc) is 1.83. The molecule has 0 fully saturated rings. The van der Waals surface area contributed by atoms with Gasteiger partial charge in [-0.05, 0) is 6.92 Å². The second kappa shape index (κ2) is 8.17. The first-order valence-electron chi connectivity index (χ1n) is 2.98. The first-order chi connectivity index (χ1) is 5.93. The van der Waals surface area contributed by atoms with E-state index in [1.54, 1.807) is 0 Å². The van der Waals surface area contributed by atoms with E-state index in [0.717, 1.165) is 0 Å². The molecule has 1 amide bonds. The van der Waals surface area contributed by atoms with Crippen LogP contribution in [-0.4, -0.2) is 28.9 Å². The molecule has 0 aromatic rings. The Balaban J connectivity index is 0. The van der Waals surface area contributed by atoms with E-state index in [0.29, 0.717) is 0 Å².